The van der Waals surface area contributed by atoms with Gasteiger partial charge in [0.1, 0.15) is 25.6 Å². The third kappa shape index (κ3) is 7.02. The highest BCUT2D eigenvalue weighted by atomic mass is 35.5. The van der Waals surface area contributed by atoms with Gasteiger partial charge in [0.2, 0.25) is 11.7 Å². The lowest BCUT2D eigenvalue weighted by Crippen LogP contribution is -2.46. The Bertz CT molecular complexity index is 1910. The van der Waals surface area contributed by atoms with E-state index in [1.54, 1.807) is 41.5 Å². The van der Waals surface area contributed by atoms with Crippen LogP contribution >= 0.6 is 23.2 Å². The van der Waals surface area contributed by atoms with Gasteiger partial charge in [-0.15, -0.1) is 0 Å². The number of pyridine rings is 1. The standard InChI is InChI=1S/C34H37Cl2N9O4/c1-3-24(2)45-33(46)43(23-40-45)27-7-5-26(6-8-27)41-14-16-42(17-15-41)28-9-11-32(37-19-28)47-20-29-21-48-34(49-29,22-44-38-12-13-39-44)30-10-4-25(35)18-31(30)36/h4-13,18-19,23-24,29H,3,14-17,20-22H2,1-2H3/t24?,29-,34-/m1/s1. The predicted octanol–water partition coefficient (Wildman–Crippen LogP) is 4.97. The quantitative estimate of drug-likeness (QED) is 0.186. The fraction of sp³-hybridized carbons (Fsp3) is 0.382. The highest BCUT2D eigenvalue weighted by molar-refractivity contribution is 6.35. The third-order valence-electron chi connectivity index (χ3n) is 8.99. The van der Waals surface area contributed by atoms with Crippen molar-refractivity contribution in [3.05, 3.63) is 106 Å². The number of piperazine rings is 1. The molecule has 5 heterocycles. The second-order valence-corrected chi connectivity index (χ2v) is 13.0. The van der Waals surface area contributed by atoms with Crippen molar-refractivity contribution < 1.29 is 14.2 Å². The maximum Gasteiger partial charge on any atom is 0.350 e. The van der Waals surface area contributed by atoms with Gasteiger partial charge >= 0.3 is 5.69 Å². The van der Waals surface area contributed by atoms with Crippen LogP contribution in [-0.4, -0.2) is 79.8 Å². The molecule has 0 N–H and O–H groups in total. The fourth-order valence-corrected chi connectivity index (χ4v) is 6.66. The van der Waals surface area contributed by atoms with Gasteiger partial charge in [0, 0.05) is 48.5 Å². The molecule has 2 aliphatic rings. The van der Waals surface area contributed by atoms with Crippen LogP contribution < -0.4 is 20.2 Å². The van der Waals surface area contributed by atoms with Crippen molar-refractivity contribution in [2.24, 2.45) is 0 Å². The number of anilines is 2. The molecule has 0 aliphatic carbocycles. The van der Waals surface area contributed by atoms with Crippen molar-refractivity contribution in [3.8, 4) is 11.6 Å². The average molecular weight is 707 g/mol. The SMILES string of the molecule is CCC(C)n1ncn(-c2ccc(N3CCN(c4ccc(OC[C@@H]5CO[C@@](Cn6nccn6)(c6ccc(Cl)cc6Cl)O5)nc4)CC3)cc2)c1=O. The van der Waals surface area contributed by atoms with Crippen LogP contribution in [0, 0.1) is 0 Å². The number of aromatic nitrogens is 7. The van der Waals surface area contributed by atoms with Crippen molar-refractivity contribution in [2.45, 2.75) is 44.7 Å². The Morgan fingerprint density at radius 1 is 0.939 bits per heavy atom. The minimum absolute atomic E-state index is 0.0599. The summed E-state index contributed by atoms with van der Waals surface area (Å²) in [5.74, 6) is -0.705. The van der Waals surface area contributed by atoms with Crippen LogP contribution in [0.25, 0.3) is 5.69 Å². The number of benzene rings is 2. The number of halogens is 2. The molecule has 5 aromatic rings. The lowest BCUT2D eigenvalue weighted by Gasteiger charge is -2.37. The molecule has 49 heavy (non-hydrogen) atoms. The molecule has 0 spiro atoms. The molecular formula is C34H37Cl2N9O4. The summed E-state index contributed by atoms with van der Waals surface area (Å²) in [6.45, 7) is 8.17. The van der Waals surface area contributed by atoms with Crippen molar-refractivity contribution in [1.29, 1.82) is 0 Å². The van der Waals surface area contributed by atoms with E-state index >= 15 is 0 Å². The van der Waals surface area contributed by atoms with Crippen molar-refractivity contribution in [3.63, 3.8) is 0 Å². The Labute approximate surface area is 293 Å². The van der Waals surface area contributed by atoms with Crippen LogP contribution in [0.5, 0.6) is 5.88 Å². The molecule has 2 aliphatic heterocycles. The van der Waals surface area contributed by atoms with E-state index in [4.69, 9.17) is 37.4 Å². The summed E-state index contributed by atoms with van der Waals surface area (Å²) < 4.78 is 21.8. The van der Waals surface area contributed by atoms with E-state index in [-0.39, 0.29) is 37.6 Å². The maximum absolute atomic E-state index is 12.8. The van der Waals surface area contributed by atoms with E-state index in [1.807, 2.05) is 44.3 Å². The van der Waals surface area contributed by atoms with Crippen molar-refractivity contribution >= 4 is 34.6 Å². The molecule has 3 atom stereocenters. The van der Waals surface area contributed by atoms with Crippen LogP contribution in [0.15, 0.2) is 84.3 Å². The van der Waals surface area contributed by atoms with Gasteiger partial charge in [-0.3, -0.25) is 0 Å². The van der Waals surface area contributed by atoms with Crippen molar-refractivity contribution in [1.82, 2.24) is 34.3 Å². The number of hydrogen-bond acceptors (Lipinski definition) is 10. The molecule has 2 fully saturated rings. The zero-order chi connectivity index (χ0) is 34.0. The van der Waals surface area contributed by atoms with Gasteiger partial charge in [0.15, 0.2) is 0 Å². The number of nitrogens with zero attached hydrogens (tertiary/aromatic N) is 9. The summed E-state index contributed by atoms with van der Waals surface area (Å²) >= 11 is 12.7. The zero-order valence-electron chi connectivity index (χ0n) is 27.2. The van der Waals surface area contributed by atoms with E-state index in [1.165, 1.54) is 9.48 Å². The summed E-state index contributed by atoms with van der Waals surface area (Å²) in [7, 11) is 0. The minimum Gasteiger partial charge on any atom is -0.475 e. The Kier molecular flexibility index (Phi) is 9.59. The Morgan fingerprint density at radius 2 is 1.63 bits per heavy atom. The Hall–Kier alpha value is -4.43. The summed E-state index contributed by atoms with van der Waals surface area (Å²) in [5.41, 5.74) is 3.47. The first-order valence-corrected chi connectivity index (χ1v) is 17.0. The van der Waals surface area contributed by atoms with E-state index in [0.29, 0.717) is 21.5 Å². The second kappa shape index (κ2) is 14.2. The van der Waals surface area contributed by atoms with Gasteiger partial charge in [-0.1, -0.05) is 36.2 Å². The zero-order valence-corrected chi connectivity index (χ0v) is 28.7. The highest BCUT2D eigenvalue weighted by Crippen LogP contribution is 2.40. The largest absolute Gasteiger partial charge is 0.475 e. The first-order chi connectivity index (χ1) is 23.8. The fourth-order valence-electron chi connectivity index (χ4n) is 6.10. The van der Waals surface area contributed by atoms with E-state index in [0.717, 1.165) is 49.7 Å². The molecule has 0 saturated carbocycles. The van der Waals surface area contributed by atoms with Crippen LogP contribution in [0.4, 0.5) is 11.4 Å². The molecule has 0 amide bonds. The average Bonchev–Trinajstić information content (AvgIpc) is 3.88. The van der Waals surface area contributed by atoms with Gasteiger partial charge in [-0.2, -0.15) is 20.1 Å². The molecule has 13 nitrogen and oxygen atoms in total. The molecule has 0 bridgehead atoms. The smallest absolute Gasteiger partial charge is 0.350 e. The molecular weight excluding hydrogens is 669 g/mol. The summed E-state index contributed by atoms with van der Waals surface area (Å²) in [6, 6.07) is 17.2. The number of ether oxygens (including phenoxy) is 3. The van der Waals surface area contributed by atoms with Gasteiger partial charge < -0.3 is 24.0 Å². The summed E-state index contributed by atoms with van der Waals surface area (Å²) in [5, 5.41) is 13.7. The van der Waals surface area contributed by atoms with Crippen LogP contribution in [-0.2, 0) is 21.8 Å². The van der Waals surface area contributed by atoms with E-state index in [9.17, 15) is 4.79 Å². The first kappa shape index (κ1) is 33.1. The lowest BCUT2D eigenvalue weighted by molar-refractivity contribution is -0.192. The second-order valence-electron chi connectivity index (χ2n) is 12.1. The monoisotopic (exact) mass is 705 g/mol. The highest BCUT2D eigenvalue weighted by Gasteiger charge is 2.46. The molecule has 7 rings (SSSR count). The summed E-state index contributed by atoms with van der Waals surface area (Å²) in [4.78, 5) is 23.5. The molecule has 0 radical (unpaired) electrons. The van der Waals surface area contributed by atoms with Gasteiger partial charge in [0.05, 0.1) is 47.6 Å². The molecule has 3 aromatic heterocycles. The number of hydrogen-bond donors (Lipinski definition) is 0. The lowest BCUT2D eigenvalue weighted by atomic mass is 10.1. The van der Waals surface area contributed by atoms with E-state index in [2.05, 4.69) is 42.2 Å². The topological polar surface area (TPSA) is 118 Å². The first-order valence-electron chi connectivity index (χ1n) is 16.3. The van der Waals surface area contributed by atoms with Gasteiger partial charge in [-0.05, 0) is 55.8 Å². The van der Waals surface area contributed by atoms with Gasteiger partial charge in [0.25, 0.3) is 0 Å². The predicted molar refractivity (Wildman–Crippen MR) is 186 cm³/mol. The van der Waals surface area contributed by atoms with E-state index < -0.39 is 5.79 Å². The normalized spacial score (nSPS) is 20.1. The molecule has 2 saturated heterocycles. The molecule has 256 valence electrons. The minimum atomic E-state index is -1.20. The summed E-state index contributed by atoms with van der Waals surface area (Å²) in [6.07, 6.45) is 7.09. The Balaban J connectivity index is 0.925. The van der Waals surface area contributed by atoms with Crippen molar-refractivity contribution in [2.75, 3.05) is 49.2 Å². The molecule has 1 unspecified atom stereocenters. The van der Waals surface area contributed by atoms with Crippen LogP contribution in [0.1, 0.15) is 31.9 Å². The number of rotatable bonds is 11. The van der Waals surface area contributed by atoms with Crippen LogP contribution in [0.3, 0.4) is 0 Å². The third-order valence-corrected chi connectivity index (χ3v) is 9.54. The maximum atomic E-state index is 12.8. The van der Waals surface area contributed by atoms with Crippen LogP contribution in [0.2, 0.25) is 10.0 Å². The molecule has 2 aromatic carbocycles. The van der Waals surface area contributed by atoms with Gasteiger partial charge in [-0.25, -0.2) is 19.0 Å². The Morgan fingerprint density at radius 3 is 2.31 bits per heavy atom. The molecule has 15 heteroatoms.